The Kier molecular flexibility index (Phi) is 9.35. The number of anilines is 1. The van der Waals surface area contributed by atoms with Crippen LogP contribution in [0.3, 0.4) is 0 Å². The van der Waals surface area contributed by atoms with Crippen molar-refractivity contribution in [3.8, 4) is 5.69 Å². The van der Waals surface area contributed by atoms with Crippen LogP contribution in [0, 0.1) is 6.92 Å². The van der Waals surface area contributed by atoms with E-state index in [0.717, 1.165) is 36.2 Å². The van der Waals surface area contributed by atoms with E-state index in [-0.39, 0.29) is 29.0 Å². The maximum Gasteiger partial charge on any atom is 0.251 e. The van der Waals surface area contributed by atoms with Crippen LogP contribution < -0.4 is 10.6 Å². The molecule has 10 nitrogen and oxygen atoms in total. The smallest absolute Gasteiger partial charge is 0.251 e. The Bertz CT molecular complexity index is 1650. The molecule has 3 aromatic carbocycles. The van der Waals surface area contributed by atoms with Gasteiger partial charge < -0.3 is 10.6 Å². The Morgan fingerprint density at radius 2 is 1.64 bits per heavy atom. The monoisotopic (exact) mass is 604 g/mol. The lowest BCUT2D eigenvalue weighted by Gasteiger charge is -2.25. The number of piperidine rings is 1. The number of nitrogens with one attached hydrogen (secondary N) is 2. The summed E-state index contributed by atoms with van der Waals surface area (Å²) in [7, 11) is -3.58. The quantitative estimate of drug-likeness (QED) is 0.257. The third-order valence-electron chi connectivity index (χ3n) is 6.83. The van der Waals surface area contributed by atoms with Crippen LogP contribution in [-0.4, -0.2) is 58.1 Å². The Morgan fingerprint density at radius 3 is 2.36 bits per heavy atom. The second-order valence-corrected chi connectivity index (χ2v) is 12.8. The Balaban J connectivity index is 1.26. The molecule has 218 valence electrons. The van der Waals surface area contributed by atoms with E-state index >= 15 is 0 Å². The molecule has 0 unspecified atom stereocenters. The molecular formula is C30H32N6O4S2. The highest BCUT2D eigenvalue weighted by molar-refractivity contribution is 7.99. The number of hydrogen-bond acceptors (Lipinski definition) is 7. The van der Waals surface area contributed by atoms with Crippen LogP contribution in [-0.2, 0) is 21.4 Å². The molecule has 1 fully saturated rings. The number of carbonyl (C=O) groups excluding carboxylic acids is 2. The molecule has 5 rings (SSSR count). The van der Waals surface area contributed by atoms with E-state index in [2.05, 4.69) is 20.8 Å². The molecule has 1 aromatic heterocycles. The summed E-state index contributed by atoms with van der Waals surface area (Å²) in [4.78, 5) is 25.8. The number of amides is 2. The van der Waals surface area contributed by atoms with Crippen molar-refractivity contribution in [1.29, 1.82) is 0 Å². The lowest BCUT2D eigenvalue weighted by Crippen LogP contribution is -2.35. The third kappa shape index (κ3) is 7.07. The summed E-state index contributed by atoms with van der Waals surface area (Å²) in [6.45, 7) is 3.07. The molecule has 0 atom stereocenters. The van der Waals surface area contributed by atoms with E-state index in [1.165, 1.54) is 40.3 Å². The summed E-state index contributed by atoms with van der Waals surface area (Å²) in [5, 5.41) is 14.8. The summed E-state index contributed by atoms with van der Waals surface area (Å²) in [5.41, 5.74) is 2.90. The average Bonchev–Trinajstić information content (AvgIpc) is 3.42. The summed E-state index contributed by atoms with van der Waals surface area (Å²) >= 11 is 1.24. The molecule has 2 N–H and O–H groups in total. The molecule has 1 saturated heterocycles. The van der Waals surface area contributed by atoms with Crippen molar-refractivity contribution in [3.05, 3.63) is 95.8 Å². The van der Waals surface area contributed by atoms with Gasteiger partial charge in [-0.3, -0.25) is 14.2 Å². The van der Waals surface area contributed by atoms with Crippen LogP contribution in [0.5, 0.6) is 0 Å². The lowest BCUT2D eigenvalue weighted by atomic mass is 10.2. The number of hydrogen-bond donors (Lipinski definition) is 2. The molecule has 2 amide bonds. The second-order valence-electron chi connectivity index (χ2n) is 9.95. The van der Waals surface area contributed by atoms with Crippen LogP contribution in [0.25, 0.3) is 5.69 Å². The molecule has 0 aliphatic carbocycles. The molecule has 0 radical (unpaired) electrons. The Morgan fingerprint density at radius 1 is 0.905 bits per heavy atom. The normalized spacial score (nSPS) is 13.9. The van der Waals surface area contributed by atoms with Gasteiger partial charge in [0.2, 0.25) is 15.9 Å². The minimum Gasteiger partial charge on any atom is -0.345 e. The standard InChI is InChI=1S/C30H32N6O4S2/c1-22-9-8-10-24(19-22)32-28(37)21-41-30-34-33-27(36(30)25-11-4-2-5-12-25)20-31-29(38)23-13-15-26(16-14-23)42(39,40)35-17-6-3-7-18-35/h2,4-5,8-16,19H,3,6-7,17-18,20-21H2,1H3,(H,31,38)(H,32,37). The molecule has 42 heavy (non-hydrogen) atoms. The van der Waals surface area contributed by atoms with Crippen molar-refractivity contribution in [3.63, 3.8) is 0 Å². The predicted octanol–water partition coefficient (Wildman–Crippen LogP) is 4.41. The number of benzene rings is 3. The van der Waals surface area contributed by atoms with Crippen molar-refractivity contribution in [2.45, 2.75) is 42.8 Å². The average molecular weight is 605 g/mol. The summed E-state index contributed by atoms with van der Waals surface area (Å²) in [5.74, 6) is 0.0679. The zero-order valence-corrected chi connectivity index (χ0v) is 24.8. The van der Waals surface area contributed by atoms with Gasteiger partial charge in [0.15, 0.2) is 11.0 Å². The number of nitrogens with zero attached hydrogens (tertiary/aromatic N) is 4. The van der Waals surface area contributed by atoms with E-state index in [4.69, 9.17) is 0 Å². The molecule has 2 heterocycles. The predicted molar refractivity (Wildman–Crippen MR) is 162 cm³/mol. The topological polar surface area (TPSA) is 126 Å². The number of rotatable bonds is 10. The van der Waals surface area contributed by atoms with Gasteiger partial charge in [-0.05, 0) is 73.9 Å². The van der Waals surface area contributed by atoms with Crippen molar-refractivity contribution in [2.75, 3.05) is 24.2 Å². The molecule has 0 saturated carbocycles. The first-order valence-electron chi connectivity index (χ1n) is 13.7. The summed E-state index contributed by atoms with van der Waals surface area (Å²) < 4.78 is 29.2. The highest BCUT2D eigenvalue weighted by atomic mass is 32.2. The van der Waals surface area contributed by atoms with Crippen LogP contribution >= 0.6 is 11.8 Å². The van der Waals surface area contributed by atoms with Crippen molar-refractivity contribution in [2.24, 2.45) is 0 Å². The number of sulfonamides is 1. The fraction of sp³-hybridized carbons (Fsp3) is 0.267. The number of aromatic nitrogens is 3. The van der Waals surface area contributed by atoms with Gasteiger partial charge in [-0.1, -0.05) is 48.5 Å². The van der Waals surface area contributed by atoms with Crippen LogP contribution in [0.4, 0.5) is 5.69 Å². The maximum absolute atomic E-state index is 13.0. The first kappa shape index (κ1) is 29.5. The van der Waals surface area contributed by atoms with Crippen molar-refractivity contribution in [1.82, 2.24) is 24.4 Å². The molecule has 0 spiro atoms. The van der Waals surface area contributed by atoms with Gasteiger partial charge in [0.05, 0.1) is 17.2 Å². The maximum atomic E-state index is 13.0. The van der Waals surface area contributed by atoms with E-state index in [9.17, 15) is 18.0 Å². The highest BCUT2D eigenvalue weighted by Gasteiger charge is 2.26. The largest absolute Gasteiger partial charge is 0.345 e. The fourth-order valence-electron chi connectivity index (χ4n) is 4.69. The van der Waals surface area contributed by atoms with Gasteiger partial charge in [0.1, 0.15) is 0 Å². The van der Waals surface area contributed by atoms with Crippen LogP contribution in [0.1, 0.15) is 41.0 Å². The van der Waals surface area contributed by atoms with E-state index < -0.39 is 10.0 Å². The molecule has 0 bridgehead atoms. The van der Waals surface area contributed by atoms with E-state index in [1.54, 1.807) is 4.57 Å². The van der Waals surface area contributed by atoms with Gasteiger partial charge >= 0.3 is 0 Å². The zero-order valence-electron chi connectivity index (χ0n) is 23.2. The van der Waals surface area contributed by atoms with E-state index in [1.807, 2.05) is 61.5 Å². The van der Waals surface area contributed by atoms with Gasteiger partial charge in [-0.2, -0.15) is 4.31 Å². The summed E-state index contributed by atoms with van der Waals surface area (Å²) in [6.07, 6.45) is 2.75. The molecule has 1 aliphatic rings. The number of carbonyl (C=O) groups is 2. The number of para-hydroxylation sites is 1. The third-order valence-corrected chi connectivity index (χ3v) is 9.67. The fourth-order valence-corrected chi connectivity index (χ4v) is 6.98. The SMILES string of the molecule is Cc1cccc(NC(=O)CSc2nnc(CNC(=O)c3ccc(S(=O)(=O)N4CCCCC4)cc3)n2-c2ccccc2)c1. The first-order valence-corrected chi connectivity index (χ1v) is 16.1. The molecule has 1 aliphatic heterocycles. The first-order chi connectivity index (χ1) is 20.3. The van der Waals surface area contributed by atoms with Crippen LogP contribution in [0.15, 0.2) is 88.9 Å². The molecular weight excluding hydrogens is 573 g/mol. The number of aryl methyl sites for hydroxylation is 1. The van der Waals surface area contributed by atoms with Crippen molar-refractivity contribution >= 4 is 39.3 Å². The van der Waals surface area contributed by atoms with Gasteiger partial charge in [-0.25, -0.2) is 8.42 Å². The number of thioether (sulfide) groups is 1. The van der Waals surface area contributed by atoms with Gasteiger partial charge in [0, 0.05) is 30.0 Å². The minimum atomic E-state index is -3.58. The lowest BCUT2D eigenvalue weighted by molar-refractivity contribution is -0.113. The minimum absolute atomic E-state index is 0.0740. The molecule has 12 heteroatoms. The van der Waals surface area contributed by atoms with Gasteiger partial charge in [0.25, 0.3) is 5.91 Å². The van der Waals surface area contributed by atoms with Gasteiger partial charge in [-0.15, -0.1) is 10.2 Å². The Hall–Kier alpha value is -4.00. The van der Waals surface area contributed by atoms with Crippen LogP contribution in [0.2, 0.25) is 0 Å². The second kappa shape index (κ2) is 13.3. The highest BCUT2D eigenvalue weighted by Crippen LogP contribution is 2.23. The zero-order chi connectivity index (χ0) is 29.5. The molecule has 4 aromatic rings. The summed E-state index contributed by atoms with van der Waals surface area (Å²) in [6, 6.07) is 23.0. The Labute approximate surface area is 249 Å². The van der Waals surface area contributed by atoms with E-state index in [0.29, 0.717) is 29.6 Å². The van der Waals surface area contributed by atoms with Crippen molar-refractivity contribution < 1.29 is 18.0 Å².